The van der Waals surface area contributed by atoms with Crippen LogP contribution in [0.3, 0.4) is 0 Å². The van der Waals surface area contributed by atoms with Crippen LogP contribution in [0.2, 0.25) is 0 Å². The monoisotopic (exact) mass is 478 g/mol. The van der Waals surface area contributed by atoms with Gasteiger partial charge in [-0.1, -0.05) is 6.92 Å². The summed E-state index contributed by atoms with van der Waals surface area (Å²) in [6, 6.07) is 0. The van der Waals surface area contributed by atoms with Crippen molar-refractivity contribution in [3.63, 3.8) is 0 Å². The van der Waals surface area contributed by atoms with Crippen LogP contribution < -0.4 is 10.6 Å². The number of nitrogens with one attached hydrogen (secondary N) is 2. The van der Waals surface area contributed by atoms with Crippen molar-refractivity contribution in [2.75, 3.05) is 52.2 Å². The third-order valence-corrected chi connectivity index (χ3v) is 4.59. The minimum absolute atomic E-state index is 0. The largest absolute Gasteiger partial charge is 0.382 e. The normalized spacial score (nSPS) is 12.1. The molecule has 2 N–H and O–H groups in total. The van der Waals surface area contributed by atoms with E-state index in [1.807, 2.05) is 20.8 Å². The lowest BCUT2D eigenvalue weighted by Crippen LogP contribution is -2.38. The molecule has 0 heterocycles. The molecule has 0 amide bonds. The van der Waals surface area contributed by atoms with Crippen LogP contribution in [0.5, 0.6) is 0 Å². The average molecular weight is 478 g/mol. The summed E-state index contributed by atoms with van der Waals surface area (Å²) in [5.41, 5.74) is 0. The zero-order valence-electron chi connectivity index (χ0n) is 15.5. The van der Waals surface area contributed by atoms with Gasteiger partial charge in [0.1, 0.15) is 0 Å². The summed E-state index contributed by atoms with van der Waals surface area (Å²) >= 11 is 0. The molecule has 0 aromatic rings. The van der Waals surface area contributed by atoms with Crippen LogP contribution in [0.15, 0.2) is 4.99 Å². The fourth-order valence-electron chi connectivity index (χ4n) is 2.02. The van der Waals surface area contributed by atoms with Gasteiger partial charge in [0, 0.05) is 45.9 Å². The maximum absolute atomic E-state index is 11.5. The van der Waals surface area contributed by atoms with Crippen molar-refractivity contribution in [1.82, 2.24) is 14.9 Å². The van der Waals surface area contributed by atoms with E-state index < -0.39 is 10.0 Å². The Morgan fingerprint density at radius 3 is 2.38 bits per heavy atom. The van der Waals surface area contributed by atoms with E-state index in [0.717, 1.165) is 45.1 Å². The number of nitrogens with zero attached hydrogens (tertiary/aromatic N) is 2. The number of hydrogen-bond acceptors (Lipinski definition) is 4. The Morgan fingerprint density at radius 2 is 1.83 bits per heavy atom. The number of aliphatic imine (C=N–C) groups is 1. The lowest BCUT2D eigenvalue weighted by atomic mass is 10.3. The number of halogens is 1. The van der Waals surface area contributed by atoms with Gasteiger partial charge < -0.3 is 15.4 Å². The zero-order valence-corrected chi connectivity index (χ0v) is 18.7. The Bertz CT molecular complexity index is 419. The second-order valence-electron chi connectivity index (χ2n) is 5.20. The van der Waals surface area contributed by atoms with Crippen molar-refractivity contribution < 1.29 is 13.2 Å². The van der Waals surface area contributed by atoms with E-state index >= 15 is 0 Å². The number of sulfonamides is 1. The van der Waals surface area contributed by atoms with Gasteiger partial charge in [0.05, 0.1) is 6.26 Å². The molecule has 146 valence electrons. The van der Waals surface area contributed by atoms with Gasteiger partial charge in [-0.2, -0.15) is 0 Å². The Balaban J connectivity index is 0. The highest BCUT2D eigenvalue weighted by Gasteiger charge is 2.12. The van der Waals surface area contributed by atoms with Crippen molar-refractivity contribution in [2.45, 2.75) is 40.0 Å². The van der Waals surface area contributed by atoms with Gasteiger partial charge in [-0.25, -0.2) is 12.7 Å². The number of ether oxygens (including phenoxy) is 1. The van der Waals surface area contributed by atoms with Crippen molar-refractivity contribution in [1.29, 1.82) is 0 Å². The quantitative estimate of drug-likeness (QED) is 0.182. The van der Waals surface area contributed by atoms with E-state index in [2.05, 4.69) is 15.6 Å². The second-order valence-corrected chi connectivity index (χ2v) is 7.18. The summed E-state index contributed by atoms with van der Waals surface area (Å²) in [5.74, 6) is 0.784. The van der Waals surface area contributed by atoms with E-state index in [1.165, 1.54) is 10.6 Å². The van der Waals surface area contributed by atoms with Crippen molar-refractivity contribution in [2.24, 2.45) is 4.99 Å². The summed E-state index contributed by atoms with van der Waals surface area (Å²) in [6.07, 6.45) is 4.01. The molecule has 9 heteroatoms. The van der Waals surface area contributed by atoms with E-state index in [1.54, 1.807) is 0 Å². The van der Waals surface area contributed by atoms with Gasteiger partial charge in [-0.05, 0) is 33.1 Å². The van der Waals surface area contributed by atoms with Crippen LogP contribution in [0, 0.1) is 0 Å². The number of guanidine groups is 1. The molecule has 0 rings (SSSR count). The molecule has 24 heavy (non-hydrogen) atoms. The third kappa shape index (κ3) is 14.2. The molecule has 0 aliphatic rings. The molecule has 0 bridgehead atoms. The van der Waals surface area contributed by atoms with Crippen LogP contribution in [0.4, 0.5) is 0 Å². The lowest BCUT2D eigenvalue weighted by Gasteiger charge is -2.17. The van der Waals surface area contributed by atoms with E-state index in [9.17, 15) is 8.42 Å². The molecular formula is C15H35IN4O3S. The van der Waals surface area contributed by atoms with Crippen LogP contribution in [-0.2, 0) is 14.8 Å². The first-order valence-electron chi connectivity index (χ1n) is 8.50. The lowest BCUT2D eigenvalue weighted by molar-refractivity contribution is 0.143. The maximum Gasteiger partial charge on any atom is 0.211 e. The molecule has 0 unspecified atom stereocenters. The molecule has 0 fully saturated rings. The predicted octanol–water partition coefficient (Wildman–Crippen LogP) is 1.65. The average Bonchev–Trinajstić information content (AvgIpc) is 2.49. The zero-order chi connectivity index (χ0) is 17.6. The molecule has 7 nitrogen and oxygen atoms in total. The van der Waals surface area contributed by atoms with Gasteiger partial charge in [0.2, 0.25) is 10.0 Å². The van der Waals surface area contributed by atoms with E-state index in [4.69, 9.17) is 4.74 Å². The predicted molar refractivity (Wildman–Crippen MR) is 112 cm³/mol. The first-order chi connectivity index (χ1) is 11.0. The van der Waals surface area contributed by atoms with Crippen LogP contribution >= 0.6 is 24.0 Å². The third-order valence-electron chi connectivity index (χ3n) is 3.21. The first kappa shape index (κ1) is 26.1. The summed E-state index contributed by atoms with van der Waals surface area (Å²) in [7, 11) is -3.11. The highest BCUT2D eigenvalue weighted by molar-refractivity contribution is 14.0. The highest BCUT2D eigenvalue weighted by Crippen LogP contribution is 1.99. The van der Waals surface area contributed by atoms with Gasteiger partial charge in [-0.3, -0.25) is 4.99 Å². The summed E-state index contributed by atoms with van der Waals surface area (Å²) < 4.78 is 29.8. The molecule has 0 aliphatic carbocycles. The fraction of sp³-hybridized carbons (Fsp3) is 0.933. The van der Waals surface area contributed by atoms with Crippen LogP contribution in [-0.4, -0.2) is 70.9 Å². The number of rotatable bonds is 13. The Hall–Kier alpha value is -0.130. The first-order valence-corrected chi connectivity index (χ1v) is 10.4. The maximum atomic E-state index is 11.5. The van der Waals surface area contributed by atoms with E-state index in [-0.39, 0.29) is 24.0 Å². The van der Waals surface area contributed by atoms with Gasteiger partial charge in [0.15, 0.2) is 5.96 Å². The molecule has 0 spiro atoms. The molecule has 0 aliphatic heterocycles. The molecule has 0 saturated carbocycles. The minimum atomic E-state index is -3.11. The summed E-state index contributed by atoms with van der Waals surface area (Å²) in [5, 5.41) is 6.47. The number of unbranched alkanes of at least 4 members (excludes halogenated alkanes) is 1. The summed E-state index contributed by atoms with van der Waals surface area (Å²) in [4.78, 5) is 4.48. The Morgan fingerprint density at radius 1 is 1.12 bits per heavy atom. The van der Waals surface area contributed by atoms with E-state index in [0.29, 0.717) is 26.1 Å². The molecule has 0 aromatic heterocycles. The second kappa shape index (κ2) is 16.3. The van der Waals surface area contributed by atoms with Crippen molar-refractivity contribution in [3.05, 3.63) is 0 Å². The Labute approximate surface area is 165 Å². The molecular weight excluding hydrogens is 443 g/mol. The van der Waals surface area contributed by atoms with Crippen molar-refractivity contribution in [3.8, 4) is 0 Å². The number of hydrogen-bond donors (Lipinski definition) is 2. The topological polar surface area (TPSA) is 83.0 Å². The Kier molecular flexibility index (Phi) is 17.8. The highest BCUT2D eigenvalue weighted by atomic mass is 127. The van der Waals surface area contributed by atoms with Gasteiger partial charge >= 0.3 is 0 Å². The van der Waals surface area contributed by atoms with Gasteiger partial charge in [-0.15, -0.1) is 24.0 Å². The molecule has 0 atom stereocenters. The SMILES string of the molecule is CCNC(=NCCCN(CC)S(C)(=O)=O)NCCCCOCC.I. The molecule has 0 radical (unpaired) electrons. The minimum Gasteiger partial charge on any atom is -0.382 e. The van der Waals surface area contributed by atoms with Crippen LogP contribution in [0.1, 0.15) is 40.0 Å². The van der Waals surface area contributed by atoms with Gasteiger partial charge in [0.25, 0.3) is 0 Å². The molecule has 0 aromatic carbocycles. The van der Waals surface area contributed by atoms with Crippen LogP contribution in [0.25, 0.3) is 0 Å². The standard InChI is InChI=1S/C15H34N4O3S.HI/c1-5-16-15(17-11-8-9-14-22-7-3)18-12-10-13-19(6-2)23(4,20)21;/h5-14H2,1-4H3,(H2,16,17,18);1H. The smallest absolute Gasteiger partial charge is 0.211 e. The summed E-state index contributed by atoms with van der Waals surface area (Å²) in [6.45, 7) is 10.7. The fourth-order valence-corrected chi connectivity index (χ4v) is 2.95. The van der Waals surface area contributed by atoms with Crippen molar-refractivity contribution >= 4 is 40.0 Å². The molecule has 0 saturated heterocycles.